The minimum atomic E-state index is -0.403. The molecule has 0 bridgehead atoms. The standard InChI is InChI=1S/C12H24N2O2/c1-3-5-9-14(10-6-4-2)12(16)8-7-11(13)15/h3-10H2,1-2H3,(H2,13,15). The molecule has 0 rings (SSSR count). The van der Waals surface area contributed by atoms with Gasteiger partial charge in [0.25, 0.3) is 0 Å². The first-order valence-electron chi connectivity index (χ1n) is 6.17. The maximum Gasteiger partial charge on any atom is 0.223 e. The summed E-state index contributed by atoms with van der Waals surface area (Å²) in [6.07, 6.45) is 4.60. The van der Waals surface area contributed by atoms with Gasteiger partial charge in [-0.25, -0.2) is 0 Å². The van der Waals surface area contributed by atoms with Gasteiger partial charge in [0, 0.05) is 25.9 Å². The smallest absolute Gasteiger partial charge is 0.223 e. The van der Waals surface area contributed by atoms with Crippen LogP contribution in [-0.4, -0.2) is 29.8 Å². The SMILES string of the molecule is CCCCN(CCCC)C(=O)CCC(N)=O. The maximum atomic E-state index is 11.8. The molecular weight excluding hydrogens is 204 g/mol. The number of primary amides is 1. The number of nitrogens with zero attached hydrogens (tertiary/aromatic N) is 1. The first kappa shape index (κ1) is 14.9. The number of carbonyl (C=O) groups excluding carboxylic acids is 2. The summed E-state index contributed by atoms with van der Waals surface area (Å²) in [6.45, 7) is 5.81. The molecule has 0 aliphatic heterocycles. The Morgan fingerprint density at radius 3 is 1.88 bits per heavy atom. The number of nitrogens with two attached hydrogens (primary N) is 1. The van der Waals surface area contributed by atoms with E-state index in [0.29, 0.717) is 0 Å². The molecule has 4 heteroatoms. The molecule has 0 aromatic heterocycles. The molecule has 0 fully saturated rings. The molecule has 16 heavy (non-hydrogen) atoms. The number of hydrogen-bond acceptors (Lipinski definition) is 2. The molecule has 0 aliphatic carbocycles. The largest absolute Gasteiger partial charge is 0.370 e. The number of unbranched alkanes of at least 4 members (excludes halogenated alkanes) is 2. The molecule has 0 spiro atoms. The monoisotopic (exact) mass is 228 g/mol. The van der Waals surface area contributed by atoms with Crippen LogP contribution in [0.1, 0.15) is 52.4 Å². The Morgan fingerprint density at radius 1 is 1.00 bits per heavy atom. The van der Waals surface area contributed by atoms with E-state index < -0.39 is 5.91 Å². The van der Waals surface area contributed by atoms with Crippen LogP contribution < -0.4 is 5.73 Å². The van der Waals surface area contributed by atoms with Gasteiger partial charge in [0.05, 0.1) is 0 Å². The Bertz CT molecular complexity index is 209. The Kier molecular flexibility index (Phi) is 8.58. The average molecular weight is 228 g/mol. The quantitative estimate of drug-likeness (QED) is 0.652. The highest BCUT2D eigenvalue weighted by Crippen LogP contribution is 2.03. The first-order chi connectivity index (χ1) is 7.61. The van der Waals surface area contributed by atoms with Crippen LogP contribution in [0.2, 0.25) is 0 Å². The zero-order chi connectivity index (χ0) is 12.4. The molecule has 0 aromatic carbocycles. The summed E-state index contributed by atoms with van der Waals surface area (Å²) < 4.78 is 0. The Morgan fingerprint density at radius 2 is 1.50 bits per heavy atom. The number of hydrogen-bond donors (Lipinski definition) is 1. The highest BCUT2D eigenvalue weighted by molar-refractivity contribution is 5.82. The van der Waals surface area contributed by atoms with E-state index in [4.69, 9.17) is 5.73 Å². The molecule has 0 saturated heterocycles. The molecule has 0 aromatic rings. The molecule has 0 unspecified atom stereocenters. The van der Waals surface area contributed by atoms with Crippen LogP contribution in [0.3, 0.4) is 0 Å². The van der Waals surface area contributed by atoms with Crippen LogP contribution >= 0.6 is 0 Å². The first-order valence-corrected chi connectivity index (χ1v) is 6.17. The predicted molar refractivity (Wildman–Crippen MR) is 64.8 cm³/mol. The van der Waals surface area contributed by atoms with Crippen LogP contribution in [0, 0.1) is 0 Å². The van der Waals surface area contributed by atoms with Crippen molar-refractivity contribution in [3.63, 3.8) is 0 Å². The third kappa shape index (κ3) is 7.26. The lowest BCUT2D eigenvalue weighted by Crippen LogP contribution is -2.33. The molecule has 0 aliphatic rings. The van der Waals surface area contributed by atoms with Gasteiger partial charge in [0.2, 0.25) is 11.8 Å². The van der Waals surface area contributed by atoms with Crippen molar-refractivity contribution in [2.75, 3.05) is 13.1 Å². The normalized spacial score (nSPS) is 10.1. The Labute approximate surface area is 98.2 Å². The van der Waals surface area contributed by atoms with Crippen molar-refractivity contribution in [3.8, 4) is 0 Å². The molecule has 2 amide bonds. The van der Waals surface area contributed by atoms with Crippen LogP contribution in [-0.2, 0) is 9.59 Å². The zero-order valence-corrected chi connectivity index (χ0v) is 10.5. The summed E-state index contributed by atoms with van der Waals surface area (Å²) in [6, 6.07) is 0. The molecule has 94 valence electrons. The number of rotatable bonds is 9. The van der Waals surface area contributed by atoms with E-state index in [-0.39, 0.29) is 18.7 Å². The summed E-state index contributed by atoms with van der Waals surface area (Å²) in [5.74, 6) is -0.347. The lowest BCUT2D eigenvalue weighted by molar-refractivity contribution is -0.133. The minimum Gasteiger partial charge on any atom is -0.370 e. The molecule has 2 N–H and O–H groups in total. The predicted octanol–water partition coefficient (Wildman–Crippen LogP) is 1.68. The van der Waals surface area contributed by atoms with Crippen molar-refractivity contribution in [2.45, 2.75) is 52.4 Å². The highest BCUT2D eigenvalue weighted by Gasteiger charge is 2.12. The fraction of sp³-hybridized carbons (Fsp3) is 0.833. The van der Waals surface area contributed by atoms with Crippen molar-refractivity contribution >= 4 is 11.8 Å². The van der Waals surface area contributed by atoms with Crippen LogP contribution in [0.5, 0.6) is 0 Å². The molecular formula is C12H24N2O2. The average Bonchev–Trinajstić information content (AvgIpc) is 2.26. The van der Waals surface area contributed by atoms with E-state index >= 15 is 0 Å². The zero-order valence-electron chi connectivity index (χ0n) is 10.5. The molecule has 0 heterocycles. The number of amides is 2. The van der Waals surface area contributed by atoms with E-state index in [1.54, 1.807) is 0 Å². The fourth-order valence-electron chi connectivity index (χ4n) is 1.45. The summed E-state index contributed by atoms with van der Waals surface area (Å²) in [5, 5.41) is 0. The second kappa shape index (κ2) is 9.19. The maximum absolute atomic E-state index is 11.8. The van der Waals surface area contributed by atoms with Crippen molar-refractivity contribution in [2.24, 2.45) is 5.73 Å². The lowest BCUT2D eigenvalue weighted by atomic mass is 10.2. The van der Waals surface area contributed by atoms with E-state index in [2.05, 4.69) is 13.8 Å². The summed E-state index contributed by atoms with van der Waals surface area (Å²) in [7, 11) is 0. The fourth-order valence-corrected chi connectivity index (χ4v) is 1.45. The van der Waals surface area contributed by atoms with Crippen LogP contribution in [0.4, 0.5) is 0 Å². The van der Waals surface area contributed by atoms with E-state index in [9.17, 15) is 9.59 Å². The van der Waals surface area contributed by atoms with E-state index in [0.717, 1.165) is 38.8 Å². The van der Waals surface area contributed by atoms with Crippen molar-refractivity contribution in [3.05, 3.63) is 0 Å². The van der Waals surface area contributed by atoms with Crippen LogP contribution in [0.25, 0.3) is 0 Å². The number of carbonyl (C=O) groups is 2. The van der Waals surface area contributed by atoms with Crippen molar-refractivity contribution in [1.82, 2.24) is 4.90 Å². The van der Waals surface area contributed by atoms with Gasteiger partial charge in [-0.05, 0) is 12.8 Å². The van der Waals surface area contributed by atoms with Gasteiger partial charge in [0.15, 0.2) is 0 Å². The molecule has 4 nitrogen and oxygen atoms in total. The summed E-state index contributed by atoms with van der Waals surface area (Å²) in [4.78, 5) is 24.2. The third-order valence-electron chi connectivity index (χ3n) is 2.50. The molecule has 0 saturated carbocycles. The highest BCUT2D eigenvalue weighted by atomic mass is 16.2. The van der Waals surface area contributed by atoms with Gasteiger partial charge < -0.3 is 10.6 Å². The van der Waals surface area contributed by atoms with Gasteiger partial charge in [-0.15, -0.1) is 0 Å². The second-order valence-corrected chi connectivity index (χ2v) is 4.05. The van der Waals surface area contributed by atoms with E-state index in [1.807, 2.05) is 4.90 Å². The topological polar surface area (TPSA) is 63.4 Å². The van der Waals surface area contributed by atoms with Gasteiger partial charge in [-0.3, -0.25) is 9.59 Å². The van der Waals surface area contributed by atoms with Gasteiger partial charge in [0.1, 0.15) is 0 Å². The third-order valence-corrected chi connectivity index (χ3v) is 2.50. The van der Waals surface area contributed by atoms with Gasteiger partial charge in [-0.1, -0.05) is 26.7 Å². The lowest BCUT2D eigenvalue weighted by Gasteiger charge is -2.22. The van der Waals surface area contributed by atoms with Crippen molar-refractivity contribution < 1.29 is 9.59 Å². The van der Waals surface area contributed by atoms with Crippen LogP contribution in [0.15, 0.2) is 0 Å². The summed E-state index contributed by atoms with van der Waals surface area (Å²) >= 11 is 0. The van der Waals surface area contributed by atoms with E-state index in [1.165, 1.54) is 0 Å². The minimum absolute atomic E-state index is 0.0562. The van der Waals surface area contributed by atoms with Gasteiger partial charge in [-0.2, -0.15) is 0 Å². The summed E-state index contributed by atoms with van der Waals surface area (Å²) in [5.41, 5.74) is 5.03. The van der Waals surface area contributed by atoms with Crippen molar-refractivity contribution in [1.29, 1.82) is 0 Å². The molecule has 0 atom stereocenters. The Hall–Kier alpha value is -1.06. The second-order valence-electron chi connectivity index (χ2n) is 4.05. The Balaban J connectivity index is 4.03. The molecule has 0 radical (unpaired) electrons. The van der Waals surface area contributed by atoms with Gasteiger partial charge >= 0.3 is 0 Å².